The lowest BCUT2D eigenvalue weighted by Gasteiger charge is -2.05. The second-order valence-corrected chi connectivity index (χ2v) is 10.8. The van der Waals surface area contributed by atoms with Crippen LogP contribution in [0.5, 0.6) is 0 Å². The first kappa shape index (κ1) is 34.2. The van der Waals surface area contributed by atoms with Crippen LogP contribution in [0.1, 0.15) is 187 Å². The zero-order valence-electron chi connectivity index (χ0n) is 24.3. The maximum Gasteiger partial charge on any atom is 0.305 e. The summed E-state index contributed by atoms with van der Waals surface area (Å²) in [5.41, 5.74) is 0. The van der Waals surface area contributed by atoms with Crippen LogP contribution in [-0.2, 0) is 9.53 Å². The molecule has 0 radical (unpaired) electrons. The van der Waals surface area contributed by atoms with Crippen LogP contribution >= 0.6 is 0 Å². The van der Waals surface area contributed by atoms with Crippen LogP contribution in [0.2, 0.25) is 0 Å². The molecule has 35 heavy (non-hydrogen) atoms. The molecule has 0 aliphatic rings. The number of ether oxygens (including phenoxy) is 1. The van der Waals surface area contributed by atoms with Crippen molar-refractivity contribution in [3.8, 4) is 0 Å². The maximum atomic E-state index is 11.8. The fourth-order valence-corrected chi connectivity index (χ4v) is 4.72. The molecular formula is C33H64O2. The minimum Gasteiger partial charge on any atom is -0.466 e. The van der Waals surface area contributed by atoms with Crippen LogP contribution in [0.25, 0.3) is 0 Å². The van der Waals surface area contributed by atoms with Crippen molar-refractivity contribution in [1.82, 2.24) is 0 Å². The highest BCUT2D eigenvalue weighted by Gasteiger charge is 2.02. The molecule has 0 saturated heterocycles. The zero-order valence-corrected chi connectivity index (χ0v) is 24.3. The lowest BCUT2D eigenvalue weighted by Crippen LogP contribution is -2.05. The van der Waals surface area contributed by atoms with Crippen LogP contribution in [0, 0.1) is 0 Å². The highest BCUT2D eigenvalue weighted by Crippen LogP contribution is 2.13. The topological polar surface area (TPSA) is 26.3 Å². The number of unbranched alkanes of at least 4 members (excludes halogenated alkanes) is 23. The summed E-state index contributed by atoms with van der Waals surface area (Å²) >= 11 is 0. The van der Waals surface area contributed by atoms with Gasteiger partial charge in [0.05, 0.1) is 6.61 Å². The highest BCUT2D eigenvalue weighted by atomic mass is 16.5. The predicted octanol–water partition coefficient (Wildman–Crippen LogP) is 11.7. The van der Waals surface area contributed by atoms with Crippen molar-refractivity contribution in [1.29, 1.82) is 0 Å². The fourth-order valence-electron chi connectivity index (χ4n) is 4.72. The molecular weight excluding hydrogens is 428 g/mol. The van der Waals surface area contributed by atoms with E-state index in [-0.39, 0.29) is 5.97 Å². The summed E-state index contributed by atoms with van der Waals surface area (Å²) < 4.78 is 5.39. The molecule has 0 heterocycles. The molecule has 0 fully saturated rings. The molecule has 0 bridgehead atoms. The summed E-state index contributed by atoms with van der Waals surface area (Å²) in [4.78, 5) is 11.8. The van der Waals surface area contributed by atoms with Crippen molar-refractivity contribution in [3.05, 3.63) is 12.2 Å². The Morgan fingerprint density at radius 3 is 1.23 bits per heavy atom. The van der Waals surface area contributed by atoms with E-state index in [4.69, 9.17) is 4.74 Å². The Bertz CT molecular complexity index is 429. The first-order chi connectivity index (χ1) is 17.3. The van der Waals surface area contributed by atoms with Gasteiger partial charge in [0.1, 0.15) is 0 Å². The van der Waals surface area contributed by atoms with E-state index in [2.05, 4.69) is 26.0 Å². The van der Waals surface area contributed by atoms with Gasteiger partial charge in [0.2, 0.25) is 0 Å². The molecule has 0 spiro atoms. The van der Waals surface area contributed by atoms with Crippen molar-refractivity contribution in [2.45, 2.75) is 187 Å². The minimum atomic E-state index is 0.0191. The largest absolute Gasteiger partial charge is 0.466 e. The quantitative estimate of drug-likeness (QED) is 0.0589. The van der Waals surface area contributed by atoms with Gasteiger partial charge < -0.3 is 4.74 Å². The molecule has 0 atom stereocenters. The number of hydrogen-bond acceptors (Lipinski definition) is 2. The first-order valence-corrected chi connectivity index (χ1v) is 16.1. The van der Waals surface area contributed by atoms with Gasteiger partial charge >= 0.3 is 5.97 Å². The van der Waals surface area contributed by atoms with Gasteiger partial charge in [-0.25, -0.2) is 0 Å². The molecule has 0 N–H and O–H groups in total. The van der Waals surface area contributed by atoms with Crippen molar-refractivity contribution < 1.29 is 9.53 Å². The molecule has 208 valence electrons. The average molecular weight is 493 g/mol. The summed E-state index contributed by atoms with van der Waals surface area (Å²) in [5.74, 6) is 0.0191. The minimum absolute atomic E-state index is 0.0191. The van der Waals surface area contributed by atoms with Gasteiger partial charge in [-0.15, -0.1) is 0 Å². The Balaban J connectivity index is 3.17. The molecule has 0 unspecified atom stereocenters. The lowest BCUT2D eigenvalue weighted by molar-refractivity contribution is -0.143. The van der Waals surface area contributed by atoms with E-state index in [0.717, 1.165) is 12.8 Å². The number of hydrogen-bond donors (Lipinski definition) is 0. The van der Waals surface area contributed by atoms with Crippen molar-refractivity contribution >= 4 is 5.97 Å². The standard InChI is InChI=1S/C33H64O2/c1-3-5-7-9-11-13-14-15-16-17-18-19-20-21-22-23-25-27-29-31-33(34)35-32-30-28-26-24-12-10-8-6-4-2/h15-16H,3-14,17-32H2,1-2H3/b16-15-. The lowest BCUT2D eigenvalue weighted by atomic mass is 10.1. The van der Waals surface area contributed by atoms with Crippen LogP contribution < -0.4 is 0 Å². The Labute approximate surface area is 221 Å². The Hall–Kier alpha value is -0.790. The molecule has 0 aliphatic carbocycles. The summed E-state index contributed by atoms with van der Waals surface area (Å²) in [6.07, 6.45) is 39.7. The highest BCUT2D eigenvalue weighted by molar-refractivity contribution is 5.69. The summed E-state index contributed by atoms with van der Waals surface area (Å²) in [6.45, 7) is 5.18. The Kier molecular flexibility index (Phi) is 30.5. The van der Waals surface area contributed by atoms with Gasteiger partial charge in [-0.3, -0.25) is 4.79 Å². The molecule has 0 amide bonds. The molecule has 0 saturated carbocycles. The number of carbonyl (C=O) groups excluding carboxylic acids is 1. The normalized spacial score (nSPS) is 11.5. The van der Waals surface area contributed by atoms with Gasteiger partial charge in [0, 0.05) is 6.42 Å². The van der Waals surface area contributed by atoms with Gasteiger partial charge in [-0.1, -0.05) is 154 Å². The summed E-state index contributed by atoms with van der Waals surface area (Å²) in [6, 6.07) is 0. The van der Waals surface area contributed by atoms with Gasteiger partial charge in [-0.2, -0.15) is 0 Å². The summed E-state index contributed by atoms with van der Waals surface area (Å²) in [5, 5.41) is 0. The number of esters is 1. The van der Waals surface area contributed by atoms with E-state index in [1.807, 2.05) is 0 Å². The molecule has 0 rings (SSSR count). The van der Waals surface area contributed by atoms with E-state index in [0.29, 0.717) is 13.0 Å². The average Bonchev–Trinajstić information content (AvgIpc) is 2.86. The number of carbonyl (C=O) groups is 1. The monoisotopic (exact) mass is 492 g/mol. The first-order valence-electron chi connectivity index (χ1n) is 16.1. The third kappa shape index (κ3) is 31.2. The van der Waals surface area contributed by atoms with E-state index >= 15 is 0 Å². The molecule has 0 aromatic rings. The molecule has 2 heteroatoms. The van der Waals surface area contributed by atoms with Crippen molar-refractivity contribution in [3.63, 3.8) is 0 Å². The number of allylic oxidation sites excluding steroid dienone is 2. The van der Waals surface area contributed by atoms with E-state index < -0.39 is 0 Å². The van der Waals surface area contributed by atoms with E-state index in [9.17, 15) is 4.79 Å². The Morgan fingerprint density at radius 1 is 0.457 bits per heavy atom. The van der Waals surface area contributed by atoms with Gasteiger partial charge in [-0.05, 0) is 38.5 Å². The molecule has 0 aliphatic heterocycles. The Morgan fingerprint density at radius 2 is 0.800 bits per heavy atom. The van der Waals surface area contributed by atoms with Crippen molar-refractivity contribution in [2.24, 2.45) is 0 Å². The molecule has 2 nitrogen and oxygen atoms in total. The second kappa shape index (κ2) is 31.2. The zero-order chi connectivity index (χ0) is 25.5. The SMILES string of the molecule is CCCCCCCC/C=C\CCCCCCCCCCCC(=O)OCCCCCCCCCCC. The van der Waals surface area contributed by atoms with Crippen LogP contribution in [-0.4, -0.2) is 12.6 Å². The van der Waals surface area contributed by atoms with Crippen LogP contribution in [0.4, 0.5) is 0 Å². The van der Waals surface area contributed by atoms with Crippen LogP contribution in [0.15, 0.2) is 12.2 Å². The molecule has 0 aromatic carbocycles. The van der Waals surface area contributed by atoms with Gasteiger partial charge in [0.25, 0.3) is 0 Å². The van der Waals surface area contributed by atoms with Crippen LogP contribution in [0.3, 0.4) is 0 Å². The van der Waals surface area contributed by atoms with Gasteiger partial charge in [0.15, 0.2) is 0 Å². The third-order valence-electron chi connectivity index (χ3n) is 7.15. The van der Waals surface area contributed by atoms with Crippen molar-refractivity contribution in [2.75, 3.05) is 6.61 Å². The number of rotatable bonds is 29. The molecule has 0 aromatic heterocycles. The fraction of sp³-hybridized carbons (Fsp3) is 0.909. The second-order valence-electron chi connectivity index (χ2n) is 10.8. The third-order valence-corrected chi connectivity index (χ3v) is 7.15. The summed E-state index contributed by atoms with van der Waals surface area (Å²) in [7, 11) is 0. The maximum absolute atomic E-state index is 11.8. The predicted molar refractivity (Wildman–Crippen MR) is 156 cm³/mol. The smallest absolute Gasteiger partial charge is 0.305 e. The van der Waals surface area contributed by atoms with E-state index in [1.54, 1.807) is 0 Å². The van der Waals surface area contributed by atoms with E-state index in [1.165, 1.54) is 154 Å².